The first-order chi connectivity index (χ1) is 14.8. The number of rotatable bonds is 3. The van der Waals surface area contributed by atoms with Gasteiger partial charge in [-0.05, 0) is 48.2 Å². The predicted octanol–water partition coefficient (Wildman–Crippen LogP) is 5.49. The summed E-state index contributed by atoms with van der Waals surface area (Å²) in [6.07, 6.45) is 0.207. The van der Waals surface area contributed by atoms with Gasteiger partial charge in [0.2, 0.25) is 0 Å². The Hall–Kier alpha value is -3.73. The van der Waals surface area contributed by atoms with Crippen LogP contribution in [0.15, 0.2) is 54.8 Å². The van der Waals surface area contributed by atoms with Crippen LogP contribution in [0.3, 0.4) is 0 Å². The van der Waals surface area contributed by atoms with E-state index in [1.54, 1.807) is 12.1 Å². The fourth-order valence-electron chi connectivity index (χ4n) is 4.78. The number of hydrogen-bond donors (Lipinski definition) is 0. The first-order valence-electron chi connectivity index (χ1n) is 10.3. The van der Waals surface area contributed by atoms with Crippen LogP contribution < -0.4 is 10.9 Å². The fourth-order valence-corrected chi connectivity index (χ4v) is 4.78. The van der Waals surface area contributed by atoms with E-state index in [-0.39, 0.29) is 29.0 Å². The van der Waals surface area contributed by atoms with E-state index in [0.29, 0.717) is 44.1 Å². The second-order valence-electron chi connectivity index (χ2n) is 8.69. The maximum Gasteiger partial charge on any atom is 0.190 e. The highest BCUT2D eigenvalue weighted by Gasteiger charge is 2.23. The Labute approximate surface area is 175 Å². The van der Waals surface area contributed by atoms with E-state index in [4.69, 9.17) is 8.83 Å². The molecule has 0 amide bonds. The van der Waals surface area contributed by atoms with Gasteiger partial charge in [0.15, 0.2) is 10.9 Å². The van der Waals surface area contributed by atoms with Crippen LogP contribution in [0, 0.1) is 0 Å². The minimum atomic E-state index is -0.187. The summed E-state index contributed by atoms with van der Waals surface area (Å²) in [5, 5.41) is 4.03. The molecule has 4 aromatic carbocycles. The Kier molecular flexibility index (Phi) is 3.45. The van der Waals surface area contributed by atoms with Gasteiger partial charge in [-0.25, -0.2) is 0 Å². The topological polar surface area (TPSA) is 77.5 Å². The minimum Gasteiger partial charge on any atom is -0.456 e. The molecule has 5 heteroatoms. The largest absolute Gasteiger partial charge is 0.456 e. The van der Waals surface area contributed by atoms with Crippen molar-refractivity contribution in [2.24, 2.45) is 0 Å². The number of ketones is 1. The molecule has 0 bridgehead atoms. The minimum absolute atomic E-state index is 0.00469. The zero-order valence-electron chi connectivity index (χ0n) is 17.3. The zero-order chi connectivity index (χ0) is 21.6. The summed E-state index contributed by atoms with van der Waals surface area (Å²) in [6.45, 7) is 5.63. The summed E-state index contributed by atoms with van der Waals surface area (Å²) in [4.78, 5) is 37.6. The van der Waals surface area contributed by atoms with E-state index in [0.717, 1.165) is 21.7 Å². The van der Waals surface area contributed by atoms with Gasteiger partial charge in [0.25, 0.3) is 0 Å². The van der Waals surface area contributed by atoms with E-state index in [1.807, 2.05) is 12.1 Å². The van der Waals surface area contributed by atoms with Crippen LogP contribution in [0.2, 0.25) is 0 Å². The molecule has 5 nitrogen and oxygen atoms in total. The van der Waals surface area contributed by atoms with Gasteiger partial charge >= 0.3 is 0 Å². The van der Waals surface area contributed by atoms with Crippen LogP contribution in [-0.4, -0.2) is 5.78 Å². The third-order valence-electron chi connectivity index (χ3n) is 6.14. The van der Waals surface area contributed by atoms with Crippen molar-refractivity contribution in [1.82, 2.24) is 0 Å². The molecule has 0 aliphatic carbocycles. The van der Waals surface area contributed by atoms with Crippen LogP contribution in [-0.2, 0) is 11.2 Å². The Balaban J connectivity index is 1.91. The van der Waals surface area contributed by atoms with Crippen molar-refractivity contribution in [3.8, 4) is 0 Å². The summed E-state index contributed by atoms with van der Waals surface area (Å²) in [5.41, 5.74) is 3.35. The Morgan fingerprint density at radius 1 is 0.742 bits per heavy atom. The highest BCUT2D eigenvalue weighted by Crippen LogP contribution is 2.42. The molecule has 2 aromatic heterocycles. The molecule has 0 unspecified atom stereocenters. The van der Waals surface area contributed by atoms with E-state index in [2.05, 4.69) is 13.8 Å². The molecule has 0 aliphatic rings. The van der Waals surface area contributed by atoms with E-state index < -0.39 is 0 Å². The lowest BCUT2D eigenvalue weighted by Crippen LogP contribution is -2.07. The van der Waals surface area contributed by atoms with Gasteiger partial charge in [-0.2, -0.15) is 0 Å². The Morgan fingerprint density at radius 3 is 1.81 bits per heavy atom. The predicted molar refractivity (Wildman–Crippen MR) is 122 cm³/mol. The summed E-state index contributed by atoms with van der Waals surface area (Å²) in [5.74, 6) is 0.213. The lowest BCUT2D eigenvalue weighted by atomic mass is 9.92. The highest BCUT2D eigenvalue weighted by molar-refractivity contribution is 6.32. The van der Waals surface area contributed by atoms with Crippen LogP contribution in [0.25, 0.3) is 54.6 Å². The third kappa shape index (κ3) is 2.40. The van der Waals surface area contributed by atoms with Crippen molar-refractivity contribution < 1.29 is 13.6 Å². The molecule has 0 saturated heterocycles. The SMILES string of the molecule is CC(=O)Cc1cc2oc3cc(=O)c4cc(C(C)C)cc5oc6cc(=O)c(c1)c2c6c3c54. The van der Waals surface area contributed by atoms with Crippen LogP contribution in [0.5, 0.6) is 0 Å². The first-order valence-corrected chi connectivity index (χ1v) is 10.3. The quantitative estimate of drug-likeness (QED) is 0.285. The molecule has 0 atom stereocenters. The van der Waals surface area contributed by atoms with Crippen LogP contribution in [0.4, 0.5) is 0 Å². The summed E-state index contributed by atoms with van der Waals surface area (Å²) in [6, 6.07) is 10.4. The van der Waals surface area contributed by atoms with E-state index >= 15 is 0 Å². The molecule has 0 N–H and O–H groups in total. The molecule has 0 aliphatic heterocycles. The molecule has 6 aromatic rings. The normalized spacial score (nSPS) is 12.5. The first kappa shape index (κ1) is 18.1. The third-order valence-corrected chi connectivity index (χ3v) is 6.14. The van der Waals surface area contributed by atoms with Crippen molar-refractivity contribution in [2.45, 2.75) is 33.1 Å². The number of hydrogen-bond acceptors (Lipinski definition) is 5. The molecule has 152 valence electrons. The summed E-state index contributed by atoms with van der Waals surface area (Å²) in [7, 11) is 0. The number of Topliss-reactive ketones (excluding diaryl/α,β-unsaturated/α-hetero) is 1. The molecular weight excluding hydrogens is 392 g/mol. The van der Waals surface area contributed by atoms with Crippen molar-refractivity contribution in [1.29, 1.82) is 0 Å². The molecule has 0 fully saturated rings. The monoisotopic (exact) mass is 410 g/mol. The van der Waals surface area contributed by atoms with E-state index in [9.17, 15) is 14.4 Å². The maximum atomic E-state index is 13.0. The van der Waals surface area contributed by atoms with Gasteiger partial charge in [-0.1, -0.05) is 13.8 Å². The Morgan fingerprint density at radius 2 is 1.26 bits per heavy atom. The maximum absolute atomic E-state index is 13.0. The molecule has 2 heterocycles. The standard InChI is InChI=1S/C26H18O5/c1-11(2)14-7-16-18(29)10-21-26-24(16)20(8-14)31-22-9-17(28)15-5-13(4-12(3)27)6-19(30-21)23(15)25(22)26/h5-11H,4H2,1-3H3. The van der Waals surface area contributed by atoms with Crippen LogP contribution >= 0.6 is 0 Å². The number of carbonyl (C=O) groups excluding carboxylic acids is 1. The zero-order valence-corrected chi connectivity index (χ0v) is 17.3. The number of carbonyl (C=O) groups is 1. The summed E-state index contributed by atoms with van der Waals surface area (Å²) >= 11 is 0. The Bertz CT molecular complexity index is 1800. The van der Waals surface area contributed by atoms with Gasteiger partial charge in [0.05, 0.1) is 0 Å². The second kappa shape index (κ2) is 5.91. The van der Waals surface area contributed by atoms with E-state index in [1.165, 1.54) is 19.1 Å². The number of benzene rings is 4. The summed E-state index contributed by atoms with van der Waals surface area (Å²) < 4.78 is 12.4. The smallest absolute Gasteiger partial charge is 0.190 e. The lowest BCUT2D eigenvalue weighted by molar-refractivity contribution is -0.116. The molecule has 6 rings (SSSR count). The second-order valence-corrected chi connectivity index (χ2v) is 8.69. The fraction of sp³-hybridized carbons (Fsp3) is 0.192. The van der Waals surface area contributed by atoms with Crippen molar-refractivity contribution >= 4 is 60.4 Å². The van der Waals surface area contributed by atoms with Crippen LogP contribution in [0.1, 0.15) is 37.8 Å². The van der Waals surface area contributed by atoms with Gasteiger partial charge < -0.3 is 8.83 Å². The van der Waals surface area contributed by atoms with Crippen molar-refractivity contribution in [3.63, 3.8) is 0 Å². The van der Waals surface area contributed by atoms with Gasteiger partial charge in [-0.3, -0.25) is 14.4 Å². The van der Waals surface area contributed by atoms with Gasteiger partial charge in [0.1, 0.15) is 28.1 Å². The molecule has 0 radical (unpaired) electrons. The van der Waals surface area contributed by atoms with Gasteiger partial charge in [-0.15, -0.1) is 0 Å². The molecular formula is C26H18O5. The van der Waals surface area contributed by atoms with Gasteiger partial charge in [0, 0.05) is 50.9 Å². The average molecular weight is 410 g/mol. The highest BCUT2D eigenvalue weighted by atomic mass is 16.3. The van der Waals surface area contributed by atoms with Crippen molar-refractivity contribution in [2.75, 3.05) is 0 Å². The lowest BCUT2D eigenvalue weighted by Gasteiger charge is -2.16. The molecule has 31 heavy (non-hydrogen) atoms. The molecule has 0 saturated carbocycles. The average Bonchev–Trinajstić information content (AvgIpc) is 2.70. The van der Waals surface area contributed by atoms with Crippen molar-refractivity contribution in [3.05, 3.63) is 68.0 Å². The molecule has 0 spiro atoms.